The lowest BCUT2D eigenvalue weighted by Gasteiger charge is -2.39. The molecular weight excluding hydrogens is 565 g/mol. The maximum Gasteiger partial charge on any atom is 0.329 e. The van der Waals surface area contributed by atoms with Gasteiger partial charge in [-0.25, -0.2) is 9.97 Å². The molecule has 1 radical (unpaired) electrons. The first-order chi connectivity index (χ1) is 19.8. The van der Waals surface area contributed by atoms with Crippen LogP contribution in [0.15, 0.2) is 36.5 Å². The Morgan fingerprint density at radius 3 is 2.81 bits per heavy atom. The van der Waals surface area contributed by atoms with E-state index in [1.54, 1.807) is 6.20 Å². The molecule has 0 spiro atoms. The fourth-order valence-corrected chi connectivity index (χ4v) is 6.65. The molecule has 3 heterocycles. The van der Waals surface area contributed by atoms with E-state index in [1.807, 2.05) is 29.1 Å². The SMILES string of the molecule is CC1(CO[Si](C)(C)C(C)(C)C)CN([B]C=O)c2c(C#N)cc(-c3ccnc(Nc4cc(Cl)cc5c4OCCC5)n3)cc21. The zero-order chi connectivity index (χ0) is 30.3. The monoisotopic (exact) mass is 600 g/mol. The Balaban J connectivity index is 1.53. The third-order valence-corrected chi connectivity index (χ3v) is 13.3. The molecule has 2 aliphatic heterocycles. The van der Waals surface area contributed by atoms with Crippen LogP contribution in [0.5, 0.6) is 5.75 Å². The third-order valence-electron chi connectivity index (χ3n) is 8.65. The highest BCUT2D eigenvalue weighted by molar-refractivity contribution is 6.74. The fraction of sp³-hybridized carbons (Fsp3) is 0.419. The largest absolute Gasteiger partial charge is 0.491 e. The Labute approximate surface area is 254 Å². The smallest absolute Gasteiger partial charge is 0.329 e. The van der Waals surface area contributed by atoms with Crippen LogP contribution in [0.3, 0.4) is 0 Å². The van der Waals surface area contributed by atoms with Crippen LogP contribution in [0.25, 0.3) is 11.3 Å². The molecule has 5 rings (SSSR count). The number of fused-ring (bicyclic) bond motifs is 2. The summed E-state index contributed by atoms with van der Waals surface area (Å²) in [7, 11) is -0.554. The first-order valence-electron chi connectivity index (χ1n) is 14.2. The van der Waals surface area contributed by atoms with E-state index in [9.17, 15) is 10.1 Å². The molecule has 0 saturated heterocycles. The number of ether oxygens (including phenoxy) is 1. The van der Waals surface area contributed by atoms with Crippen LogP contribution in [0.2, 0.25) is 23.2 Å². The van der Waals surface area contributed by atoms with Crippen molar-refractivity contribution < 1.29 is 14.0 Å². The molecule has 42 heavy (non-hydrogen) atoms. The first kappa shape index (κ1) is 30.1. The Morgan fingerprint density at radius 1 is 1.31 bits per heavy atom. The van der Waals surface area contributed by atoms with E-state index >= 15 is 0 Å². The van der Waals surface area contributed by atoms with E-state index in [1.165, 1.54) is 7.41 Å². The highest BCUT2D eigenvalue weighted by Gasteiger charge is 2.44. The van der Waals surface area contributed by atoms with Gasteiger partial charge in [0.1, 0.15) is 18.0 Å². The second-order valence-electron chi connectivity index (χ2n) is 12.8. The molecule has 8 nitrogen and oxygen atoms in total. The van der Waals surface area contributed by atoms with E-state index < -0.39 is 13.7 Å². The Bertz CT molecular complexity index is 1570. The van der Waals surface area contributed by atoms with E-state index in [0.717, 1.165) is 52.8 Å². The summed E-state index contributed by atoms with van der Waals surface area (Å²) in [4.78, 5) is 22.7. The van der Waals surface area contributed by atoms with Crippen molar-refractivity contribution in [2.24, 2.45) is 0 Å². The average molecular weight is 601 g/mol. The molecule has 0 fully saturated rings. The minimum atomic E-state index is -2.05. The van der Waals surface area contributed by atoms with Gasteiger partial charge in [0.05, 0.1) is 23.6 Å². The number of halogens is 1. The van der Waals surface area contributed by atoms with Crippen LogP contribution in [-0.2, 0) is 21.1 Å². The topological polar surface area (TPSA) is 100 Å². The van der Waals surface area contributed by atoms with E-state index in [0.29, 0.717) is 42.0 Å². The molecular formula is C31H36BClN5O3Si. The summed E-state index contributed by atoms with van der Waals surface area (Å²) in [6.07, 6.45) is 4.29. The van der Waals surface area contributed by atoms with Crippen molar-refractivity contribution in [3.05, 3.63) is 58.2 Å². The quantitative estimate of drug-likeness (QED) is 0.227. The maximum atomic E-state index is 11.6. The summed E-state index contributed by atoms with van der Waals surface area (Å²) in [6.45, 7) is 14.9. The number of carbonyl (C=O) groups is 1. The standard InChI is InChI=1S/C31H36BClN5O3Si/c1-30(2,3)42(5,6)41-18-31(4)17-38(32-19-39)27-22(16-34)12-21(14-24(27)31)25-9-10-35-29(36-25)37-26-15-23(33)13-20-8-7-11-40-28(20)26/h9-10,12-15,19H,7-8,11,17-18H2,1-6H3,(H,35,36,37). The van der Waals surface area contributed by atoms with Gasteiger partial charge in [-0.15, -0.1) is 0 Å². The van der Waals surface area contributed by atoms with E-state index in [4.69, 9.17) is 25.7 Å². The first-order valence-corrected chi connectivity index (χ1v) is 17.5. The summed E-state index contributed by atoms with van der Waals surface area (Å²) in [5, 5.41) is 14.2. The number of benzene rings is 2. The molecule has 1 aromatic heterocycles. The van der Waals surface area contributed by atoms with Crippen molar-refractivity contribution in [2.45, 2.75) is 64.1 Å². The number of nitriles is 1. The molecule has 0 amide bonds. The summed E-state index contributed by atoms with van der Waals surface area (Å²) in [5.41, 5.74) is 4.94. The van der Waals surface area contributed by atoms with Crippen LogP contribution < -0.4 is 14.9 Å². The van der Waals surface area contributed by atoms with E-state index in [2.05, 4.69) is 63.2 Å². The molecule has 0 bridgehead atoms. The number of aromatic nitrogens is 2. The van der Waals surface area contributed by atoms with Crippen LogP contribution in [0.1, 0.15) is 50.8 Å². The van der Waals surface area contributed by atoms with Gasteiger partial charge in [0.2, 0.25) is 5.95 Å². The zero-order valence-corrected chi connectivity index (χ0v) is 26.8. The van der Waals surface area contributed by atoms with E-state index in [-0.39, 0.29) is 5.04 Å². The molecule has 1 unspecified atom stereocenters. The number of nitrogens with zero attached hydrogens (tertiary/aromatic N) is 4. The van der Waals surface area contributed by atoms with Crippen LogP contribution >= 0.6 is 11.6 Å². The molecule has 217 valence electrons. The normalized spacial score (nSPS) is 18.0. The Hall–Kier alpha value is -3.39. The van der Waals surface area contributed by atoms with Crippen molar-refractivity contribution in [1.29, 1.82) is 5.26 Å². The third kappa shape index (κ3) is 5.78. The summed E-state index contributed by atoms with van der Waals surface area (Å²) in [6, 6.07) is 11.8. The summed E-state index contributed by atoms with van der Waals surface area (Å²) < 4.78 is 12.6. The number of hydrogen-bond donors (Lipinski definition) is 1. The van der Waals surface area contributed by atoms with Gasteiger partial charge in [-0.1, -0.05) is 39.3 Å². The molecule has 11 heteroatoms. The fourth-order valence-electron chi connectivity index (χ4n) is 5.29. The summed E-state index contributed by atoms with van der Waals surface area (Å²) >= 11 is 6.40. The molecule has 3 aromatic rings. The number of hydrogen-bond acceptors (Lipinski definition) is 8. The minimum Gasteiger partial charge on any atom is -0.491 e. The highest BCUT2D eigenvalue weighted by atomic mass is 35.5. The van der Waals surface area contributed by atoms with Gasteiger partial charge in [-0.05, 0) is 72.4 Å². The van der Waals surface area contributed by atoms with Crippen molar-refractivity contribution in [2.75, 3.05) is 29.9 Å². The Kier molecular flexibility index (Phi) is 8.14. The molecule has 1 atom stereocenters. The second-order valence-corrected chi connectivity index (χ2v) is 18.1. The Morgan fingerprint density at radius 2 is 2.10 bits per heavy atom. The van der Waals surface area contributed by atoms with Gasteiger partial charge in [0.25, 0.3) is 0 Å². The van der Waals surface area contributed by atoms with Crippen LogP contribution in [0, 0.1) is 11.3 Å². The van der Waals surface area contributed by atoms with Gasteiger partial charge < -0.3 is 24.1 Å². The van der Waals surface area contributed by atoms with Crippen LogP contribution in [-0.4, -0.2) is 51.6 Å². The average Bonchev–Trinajstić information content (AvgIpc) is 3.23. The van der Waals surface area contributed by atoms with Gasteiger partial charge in [0, 0.05) is 41.0 Å². The molecule has 2 aromatic carbocycles. The number of aryl methyl sites for hydroxylation is 1. The van der Waals surface area contributed by atoms with Gasteiger partial charge >= 0.3 is 7.41 Å². The predicted octanol–water partition coefficient (Wildman–Crippen LogP) is 6.65. The van der Waals surface area contributed by atoms with Crippen molar-refractivity contribution in [3.8, 4) is 23.1 Å². The minimum absolute atomic E-state index is 0.0523. The van der Waals surface area contributed by atoms with Crippen molar-refractivity contribution in [1.82, 2.24) is 9.97 Å². The molecule has 0 saturated carbocycles. The van der Waals surface area contributed by atoms with Gasteiger partial charge in [-0.2, -0.15) is 5.26 Å². The lowest BCUT2D eigenvalue weighted by atomic mass is 9.83. The van der Waals surface area contributed by atoms with Gasteiger partial charge in [0.15, 0.2) is 8.32 Å². The second kappa shape index (κ2) is 11.4. The lowest BCUT2D eigenvalue weighted by molar-refractivity contribution is 0.219. The predicted molar refractivity (Wildman–Crippen MR) is 171 cm³/mol. The summed E-state index contributed by atoms with van der Waals surface area (Å²) in [5.74, 6) is 1.16. The van der Waals surface area contributed by atoms with Crippen LogP contribution in [0.4, 0.5) is 17.3 Å². The number of anilines is 3. The maximum absolute atomic E-state index is 11.6. The zero-order valence-electron chi connectivity index (χ0n) is 25.0. The number of rotatable bonds is 8. The lowest BCUT2D eigenvalue weighted by Crippen LogP contribution is -2.46. The van der Waals surface area contributed by atoms with Crippen molar-refractivity contribution >= 4 is 50.8 Å². The number of carbonyl (C=O) groups excluding carboxylic acids is 1. The van der Waals surface area contributed by atoms with Crippen molar-refractivity contribution in [3.63, 3.8) is 0 Å². The molecule has 0 aliphatic carbocycles. The molecule has 1 N–H and O–H groups in total. The van der Waals surface area contributed by atoms with Gasteiger partial charge in [-0.3, -0.25) is 0 Å². The molecule has 2 aliphatic rings. The number of nitrogens with one attached hydrogen (secondary N) is 1. The highest BCUT2D eigenvalue weighted by Crippen LogP contribution is 2.46.